The van der Waals surface area contributed by atoms with Gasteiger partial charge >= 0.3 is 13.7 Å². The van der Waals surface area contributed by atoms with E-state index in [2.05, 4.69) is 0 Å². The van der Waals surface area contributed by atoms with Crippen LogP contribution in [0.5, 0.6) is 23.0 Å². The molecule has 186 valence electrons. The van der Waals surface area contributed by atoms with Crippen molar-refractivity contribution in [2.45, 2.75) is 5.66 Å². The Morgan fingerprint density at radius 3 is 1.81 bits per heavy atom. The Morgan fingerprint density at radius 2 is 1.27 bits per heavy atom. The third kappa shape index (κ3) is 5.37. The van der Waals surface area contributed by atoms with Crippen molar-refractivity contribution in [3.05, 3.63) is 127 Å². The van der Waals surface area contributed by atoms with E-state index in [4.69, 9.17) is 18.5 Å². The maximum atomic E-state index is 14.6. The molecule has 1 heterocycles. The smallest absolute Gasteiger partial charge is 0.442 e. The molecule has 0 spiro atoms. The number of nitrogens with zero attached hydrogens (tertiary/aromatic N) is 1. The summed E-state index contributed by atoms with van der Waals surface area (Å²) in [6, 6.07) is 31.6. The van der Waals surface area contributed by atoms with Gasteiger partial charge in [0, 0.05) is 11.8 Å². The Bertz CT molecular complexity index is 1400. The predicted molar refractivity (Wildman–Crippen MR) is 142 cm³/mol. The van der Waals surface area contributed by atoms with Crippen LogP contribution in [0.3, 0.4) is 0 Å². The summed E-state index contributed by atoms with van der Waals surface area (Å²) >= 11 is 0. The number of ether oxygens (including phenoxy) is 2. The molecule has 0 N–H and O–H groups in total. The van der Waals surface area contributed by atoms with Crippen LogP contribution in [0.4, 0.5) is 10.5 Å². The molecule has 0 fully saturated rings. The quantitative estimate of drug-likeness (QED) is 0.237. The summed E-state index contributed by atoms with van der Waals surface area (Å²) in [5.41, 5.74) is 0.156. The van der Waals surface area contributed by atoms with Gasteiger partial charge in [-0.2, -0.15) is 0 Å². The molecule has 1 amide bonds. The van der Waals surface area contributed by atoms with Crippen molar-refractivity contribution in [3.63, 3.8) is 0 Å². The largest absolute Gasteiger partial charge is 0.497 e. The Hall–Kier alpha value is -4.48. The summed E-state index contributed by atoms with van der Waals surface area (Å²) in [7, 11) is -2.41. The van der Waals surface area contributed by atoms with E-state index < -0.39 is 19.3 Å². The maximum Gasteiger partial charge on any atom is 0.442 e. The Labute approximate surface area is 215 Å². The average Bonchev–Trinajstić information content (AvgIpc) is 2.93. The first-order valence-electron chi connectivity index (χ1n) is 11.6. The number of allylic oxidation sites excluding steroid dienone is 1. The number of anilines is 1. The highest BCUT2D eigenvalue weighted by molar-refractivity contribution is 7.55. The number of carbonyl (C=O) groups excluding carboxylic acids is 1. The van der Waals surface area contributed by atoms with Crippen LogP contribution < -0.4 is 23.4 Å². The minimum atomic E-state index is -3.95. The van der Waals surface area contributed by atoms with Crippen LogP contribution in [0.2, 0.25) is 0 Å². The molecule has 0 saturated carbocycles. The topological polar surface area (TPSA) is 74.3 Å². The van der Waals surface area contributed by atoms with E-state index in [1.807, 2.05) is 18.2 Å². The number of fused-ring (bicyclic) bond motifs is 1. The van der Waals surface area contributed by atoms with E-state index in [-0.39, 0.29) is 0 Å². The van der Waals surface area contributed by atoms with Gasteiger partial charge in [0.2, 0.25) is 0 Å². The van der Waals surface area contributed by atoms with Gasteiger partial charge in [-0.1, -0.05) is 54.6 Å². The van der Waals surface area contributed by atoms with E-state index >= 15 is 0 Å². The summed E-state index contributed by atoms with van der Waals surface area (Å²) in [5.74, 6) is 1.72. The van der Waals surface area contributed by atoms with E-state index in [0.29, 0.717) is 34.2 Å². The molecular formula is C29H24NO6P. The number of amides is 1. The number of methoxy groups -OCH3 is 1. The van der Waals surface area contributed by atoms with Crippen LogP contribution in [0, 0.1) is 0 Å². The van der Waals surface area contributed by atoms with Crippen LogP contribution in [0.25, 0.3) is 0 Å². The fourth-order valence-corrected chi connectivity index (χ4v) is 5.86. The van der Waals surface area contributed by atoms with Crippen molar-refractivity contribution in [2.24, 2.45) is 0 Å². The van der Waals surface area contributed by atoms with Gasteiger partial charge in [0.1, 0.15) is 28.7 Å². The van der Waals surface area contributed by atoms with Crippen LogP contribution in [-0.4, -0.2) is 13.2 Å². The molecule has 4 aromatic rings. The lowest BCUT2D eigenvalue weighted by Crippen LogP contribution is -2.32. The molecular weight excluding hydrogens is 489 g/mol. The van der Waals surface area contributed by atoms with E-state index in [9.17, 15) is 9.36 Å². The van der Waals surface area contributed by atoms with Crippen molar-refractivity contribution >= 4 is 19.4 Å². The first-order chi connectivity index (χ1) is 18.1. The highest BCUT2D eigenvalue weighted by atomic mass is 31.2. The summed E-state index contributed by atoms with van der Waals surface area (Å²) in [4.78, 5) is 14.5. The second-order valence-electron chi connectivity index (χ2n) is 8.11. The van der Waals surface area contributed by atoms with Gasteiger partial charge < -0.3 is 18.5 Å². The van der Waals surface area contributed by atoms with Crippen molar-refractivity contribution < 1.29 is 27.9 Å². The summed E-state index contributed by atoms with van der Waals surface area (Å²) in [5, 5.41) is 0. The monoisotopic (exact) mass is 513 g/mol. The molecule has 1 unspecified atom stereocenters. The number of carbonyl (C=O) groups is 1. The number of para-hydroxylation sites is 3. The zero-order valence-electron chi connectivity index (χ0n) is 20.0. The van der Waals surface area contributed by atoms with E-state index in [1.165, 1.54) is 18.2 Å². The molecule has 4 aromatic carbocycles. The second kappa shape index (κ2) is 10.6. The zero-order chi connectivity index (χ0) is 25.7. The number of hydrogen-bond acceptors (Lipinski definition) is 6. The fraction of sp³-hybridized carbons (Fsp3) is 0.0690. The summed E-state index contributed by atoms with van der Waals surface area (Å²) in [6.07, 6.45) is 2.54. The van der Waals surface area contributed by atoms with Crippen LogP contribution in [0.15, 0.2) is 121 Å². The molecule has 8 heteroatoms. The molecule has 5 rings (SSSR count). The van der Waals surface area contributed by atoms with Gasteiger partial charge in [0.15, 0.2) is 0 Å². The molecule has 1 aliphatic heterocycles. The zero-order valence-corrected chi connectivity index (χ0v) is 20.9. The first kappa shape index (κ1) is 24.2. The third-order valence-electron chi connectivity index (χ3n) is 5.67. The van der Waals surface area contributed by atoms with Crippen LogP contribution >= 0.6 is 7.60 Å². The Balaban J connectivity index is 1.56. The summed E-state index contributed by atoms with van der Waals surface area (Å²) in [6.45, 7) is 0. The van der Waals surface area contributed by atoms with Gasteiger partial charge in [0.05, 0.1) is 12.8 Å². The van der Waals surface area contributed by atoms with E-state index in [1.54, 1.807) is 97.1 Å². The average molecular weight is 513 g/mol. The molecule has 0 aliphatic carbocycles. The van der Waals surface area contributed by atoms with Crippen molar-refractivity contribution in [1.82, 2.24) is 0 Å². The lowest BCUT2D eigenvalue weighted by Gasteiger charge is -2.32. The van der Waals surface area contributed by atoms with Gasteiger partial charge in [-0.25, -0.2) is 9.36 Å². The molecule has 1 aliphatic rings. The van der Waals surface area contributed by atoms with Crippen LogP contribution in [-0.2, 0) is 4.57 Å². The predicted octanol–water partition coefficient (Wildman–Crippen LogP) is 7.62. The normalized spacial score (nSPS) is 14.4. The standard InChI is InChI=1S/C29H24NO6P/c1-33-25-17-18-27-26(21-25)28(19-20-30(27)29(31)34-22-11-5-2-6-12-22)37(32,35-23-13-7-3-8-14-23)36-24-15-9-4-10-16-24/h2-21,28H,1H3. The maximum absolute atomic E-state index is 14.6. The van der Waals surface area contributed by atoms with Gasteiger partial charge in [-0.05, 0) is 60.7 Å². The number of hydrogen-bond donors (Lipinski definition) is 0. The Kier molecular flexibility index (Phi) is 6.97. The van der Waals surface area contributed by atoms with Crippen molar-refractivity contribution in [1.29, 1.82) is 0 Å². The van der Waals surface area contributed by atoms with Crippen molar-refractivity contribution in [3.8, 4) is 23.0 Å². The molecule has 0 aromatic heterocycles. The molecule has 7 nitrogen and oxygen atoms in total. The lowest BCUT2D eigenvalue weighted by atomic mass is 10.0. The van der Waals surface area contributed by atoms with Gasteiger partial charge in [0.25, 0.3) is 0 Å². The molecule has 0 radical (unpaired) electrons. The van der Waals surface area contributed by atoms with Crippen LogP contribution in [0.1, 0.15) is 11.2 Å². The highest BCUT2D eigenvalue weighted by Gasteiger charge is 2.43. The molecule has 0 bridgehead atoms. The number of benzene rings is 4. The fourth-order valence-electron chi connectivity index (χ4n) is 3.93. The molecule has 37 heavy (non-hydrogen) atoms. The second-order valence-corrected chi connectivity index (χ2v) is 10.1. The first-order valence-corrected chi connectivity index (χ1v) is 13.2. The molecule has 1 atom stereocenters. The molecule has 0 saturated heterocycles. The Morgan fingerprint density at radius 1 is 0.730 bits per heavy atom. The minimum absolute atomic E-state index is 0.394. The number of rotatable bonds is 7. The van der Waals surface area contributed by atoms with E-state index in [0.717, 1.165) is 0 Å². The minimum Gasteiger partial charge on any atom is -0.497 e. The van der Waals surface area contributed by atoms with Gasteiger partial charge in [-0.3, -0.25) is 4.90 Å². The van der Waals surface area contributed by atoms with Gasteiger partial charge in [-0.15, -0.1) is 0 Å². The SMILES string of the molecule is COc1ccc2c(c1)C(P(=O)(Oc1ccccc1)Oc1ccccc1)C=CN2C(=O)Oc1ccccc1. The third-order valence-corrected chi connectivity index (χ3v) is 7.73. The summed E-state index contributed by atoms with van der Waals surface area (Å²) < 4.78 is 37.7. The highest BCUT2D eigenvalue weighted by Crippen LogP contribution is 2.63. The van der Waals surface area contributed by atoms with Crippen molar-refractivity contribution in [2.75, 3.05) is 12.0 Å². The lowest BCUT2D eigenvalue weighted by molar-refractivity contribution is 0.210.